The molecule has 3 heteroatoms. The van der Waals surface area contributed by atoms with Crippen LogP contribution in [0.3, 0.4) is 0 Å². The summed E-state index contributed by atoms with van der Waals surface area (Å²) in [7, 11) is 1.87. The van der Waals surface area contributed by atoms with Gasteiger partial charge in [-0.3, -0.25) is 0 Å². The third-order valence-corrected chi connectivity index (χ3v) is 3.30. The summed E-state index contributed by atoms with van der Waals surface area (Å²) in [4.78, 5) is 4.29. The van der Waals surface area contributed by atoms with Gasteiger partial charge in [-0.2, -0.15) is 0 Å². The largest absolute Gasteiger partial charge is 0.488 e. The summed E-state index contributed by atoms with van der Waals surface area (Å²) < 4.78 is 6.03. The second kappa shape index (κ2) is 6.42. The van der Waals surface area contributed by atoms with E-state index in [9.17, 15) is 0 Å². The standard InChI is InChI=1S/C17H22N2O/c1-12(2)15-8-7-13(3)10-16(15)20-11-14-6-5-9-19-17(14)18-4/h5-10,12H,11H2,1-4H3,(H,18,19). The Morgan fingerprint density at radius 1 is 1.25 bits per heavy atom. The van der Waals surface area contributed by atoms with Crippen LogP contribution in [0.2, 0.25) is 0 Å². The first-order valence-electron chi connectivity index (χ1n) is 6.96. The van der Waals surface area contributed by atoms with Crippen LogP contribution in [-0.2, 0) is 6.61 Å². The van der Waals surface area contributed by atoms with Gasteiger partial charge in [-0.25, -0.2) is 4.98 Å². The van der Waals surface area contributed by atoms with Crippen molar-refractivity contribution >= 4 is 5.82 Å². The summed E-state index contributed by atoms with van der Waals surface area (Å²) >= 11 is 0. The predicted molar refractivity (Wildman–Crippen MR) is 83.4 cm³/mol. The third kappa shape index (κ3) is 3.29. The number of pyridine rings is 1. The molecule has 2 rings (SSSR count). The molecule has 3 nitrogen and oxygen atoms in total. The van der Waals surface area contributed by atoms with Crippen molar-refractivity contribution < 1.29 is 4.74 Å². The second-order valence-electron chi connectivity index (χ2n) is 5.25. The maximum Gasteiger partial charge on any atom is 0.132 e. The fourth-order valence-corrected chi connectivity index (χ4v) is 2.18. The monoisotopic (exact) mass is 270 g/mol. The highest BCUT2D eigenvalue weighted by Gasteiger charge is 2.09. The maximum atomic E-state index is 6.03. The molecule has 1 N–H and O–H groups in total. The van der Waals surface area contributed by atoms with Crippen molar-refractivity contribution in [3.05, 3.63) is 53.2 Å². The number of anilines is 1. The summed E-state index contributed by atoms with van der Waals surface area (Å²) in [5.74, 6) is 2.28. The SMILES string of the molecule is CNc1ncccc1COc1cc(C)ccc1C(C)C. The number of hydrogen-bond donors (Lipinski definition) is 1. The van der Waals surface area contributed by atoms with E-state index in [1.807, 2.05) is 19.2 Å². The fraction of sp³-hybridized carbons (Fsp3) is 0.353. The first-order valence-corrected chi connectivity index (χ1v) is 6.96. The number of rotatable bonds is 5. The van der Waals surface area contributed by atoms with Gasteiger partial charge in [0, 0.05) is 18.8 Å². The normalized spacial score (nSPS) is 10.7. The minimum Gasteiger partial charge on any atom is -0.488 e. The zero-order chi connectivity index (χ0) is 14.5. The van der Waals surface area contributed by atoms with E-state index in [-0.39, 0.29) is 0 Å². The number of aromatic nitrogens is 1. The van der Waals surface area contributed by atoms with Gasteiger partial charge in [-0.05, 0) is 36.1 Å². The van der Waals surface area contributed by atoms with Crippen LogP contribution in [0.5, 0.6) is 5.75 Å². The van der Waals surface area contributed by atoms with Gasteiger partial charge in [-0.1, -0.05) is 32.0 Å². The molecule has 1 aromatic carbocycles. The van der Waals surface area contributed by atoms with Crippen LogP contribution in [0.1, 0.15) is 36.5 Å². The van der Waals surface area contributed by atoms with E-state index in [0.29, 0.717) is 12.5 Å². The van der Waals surface area contributed by atoms with Gasteiger partial charge < -0.3 is 10.1 Å². The number of ether oxygens (including phenoxy) is 1. The molecule has 0 saturated heterocycles. The van der Waals surface area contributed by atoms with Crippen molar-refractivity contribution in [3.8, 4) is 5.75 Å². The number of nitrogens with one attached hydrogen (secondary N) is 1. The van der Waals surface area contributed by atoms with E-state index in [4.69, 9.17) is 4.74 Å². The van der Waals surface area contributed by atoms with Crippen LogP contribution in [0.4, 0.5) is 5.82 Å². The Kier molecular flexibility index (Phi) is 4.61. The molecule has 1 heterocycles. The van der Waals surface area contributed by atoms with Gasteiger partial charge >= 0.3 is 0 Å². The maximum absolute atomic E-state index is 6.03. The highest BCUT2D eigenvalue weighted by atomic mass is 16.5. The van der Waals surface area contributed by atoms with E-state index < -0.39 is 0 Å². The molecule has 0 bridgehead atoms. The van der Waals surface area contributed by atoms with Gasteiger partial charge in [0.15, 0.2) is 0 Å². The Balaban J connectivity index is 2.20. The molecule has 0 atom stereocenters. The molecule has 0 spiro atoms. The smallest absolute Gasteiger partial charge is 0.132 e. The molecular formula is C17H22N2O. The minimum absolute atomic E-state index is 0.447. The van der Waals surface area contributed by atoms with Crippen molar-refractivity contribution in [2.45, 2.75) is 33.3 Å². The average molecular weight is 270 g/mol. The van der Waals surface area contributed by atoms with Crippen LogP contribution in [0, 0.1) is 6.92 Å². The summed E-state index contributed by atoms with van der Waals surface area (Å²) in [6.07, 6.45) is 1.78. The zero-order valence-corrected chi connectivity index (χ0v) is 12.6. The number of aryl methyl sites for hydroxylation is 1. The summed E-state index contributed by atoms with van der Waals surface area (Å²) in [5, 5.41) is 3.09. The minimum atomic E-state index is 0.447. The van der Waals surface area contributed by atoms with E-state index in [2.05, 4.69) is 49.3 Å². The summed E-state index contributed by atoms with van der Waals surface area (Å²) in [5.41, 5.74) is 3.51. The summed E-state index contributed by atoms with van der Waals surface area (Å²) in [6.45, 7) is 6.97. The number of benzene rings is 1. The lowest BCUT2D eigenvalue weighted by atomic mass is 10.0. The lowest BCUT2D eigenvalue weighted by molar-refractivity contribution is 0.302. The van der Waals surface area contributed by atoms with Crippen LogP contribution in [-0.4, -0.2) is 12.0 Å². The van der Waals surface area contributed by atoms with Crippen LogP contribution >= 0.6 is 0 Å². The van der Waals surface area contributed by atoms with Gasteiger partial charge in [0.25, 0.3) is 0 Å². The van der Waals surface area contributed by atoms with Gasteiger partial charge in [-0.15, -0.1) is 0 Å². The Labute approximate surface area is 121 Å². The molecule has 0 aliphatic rings. The molecule has 106 valence electrons. The molecular weight excluding hydrogens is 248 g/mol. The molecule has 0 saturated carbocycles. The number of hydrogen-bond acceptors (Lipinski definition) is 3. The van der Waals surface area contributed by atoms with E-state index in [1.54, 1.807) is 6.20 Å². The molecule has 2 aromatic rings. The molecule has 0 radical (unpaired) electrons. The van der Waals surface area contributed by atoms with Crippen LogP contribution < -0.4 is 10.1 Å². The highest BCUT2D eigenvalue weighted by Crippen LogP contribution is 2.28. The van der Waals surface area contributed by atoms with Gasteiger partial charge in [0.1, 0.15) is 18.2 Å². The van der Waals surface area contributed by atoms with Crippen molar-refractivity contribution in [2.75, 3.05) is 12.4 Å². The number of nitrogens with zero attached hydrogens (tertiary/aromatic N) is 1. The molecule has 0 aliphatic carbocycles. The van der Waals surface area contributed by atoms with E-state index in [1.165, 1.54) is 11.1 Å². The molecule has 20 heavy (non-hydrogen) atoms. The van der Waals surface area contributed by atoms with Crippen molar-refractivity contribution in [1.29, 1.82) is 0 Å². The van der Waals surface area contributed by atoms with Gasteiger partial charge in [0.2, 0.25) is 0 Å². The quantitative estimate of drug-likeness (QED) is 0.887. The average Bonchev–Trinajstić information content (AvgIpc) is 2.45. The molecule has 0 fully saturated rings. The second-order valence-corrected chi connectivity index (χ2v) is 5.25. The topological polar surface area (TPSA) is 34.2 Å². The third-order valence-electron chi connectivity index (χ3n) is 3.30. The van der Waals surface area contributed by atoms with E-state index in [0.717, 1.165) is 17.1 Å². The lowest BCUT2D eigenvalue weighted by Crippen LogP contribution is -2.04. The molecule has 0 amide bonds. The lowest BCUT2D eigenvalue weighted by Gasteiger charge is -2.16. The Morgan fingerprint density at radius 3 is 2.75 bits per heavy atom. The van der Waals surface area contributed by atoms with Crippen molar-refractivity contribution in [2.24, 2.45) is 0 Å². The van der Waals surface area contributed by atoms with Crippen molar-refractivity contribution in [3.63, 3.8) is 0 Å². The zero-order valence-electron chi connectivity index (χ0n) is 12.6. The van der Waals surface area contributed by atoms with Crippen molar-refractivity contribution in [1.82, 2.24) is 4.98 Å². The van der Waals surface area contributed by atoms with Crippen LogP contribution in [0.25, 0.3) is 0 Å². The van der Waals surface area contributed by atoms with E-state index >= 15 is 0 Å². The first-order chi connectivity index (χ1) is 9.61. The Bertz CT molecular complexity index is 579. The van der Waals surface area contributed by atoms with Crippen LogP contribution in [0.15, 0.2) is 36.5 Å². The Hall–Kier alpha value is -2.03. The predicted octanol–water partition coefficient (Wildman–Crippen LogP) is 4.13. The molecule has 0 aliphatic heterocycles. The Morgan fingerprint density at radius 2 is 2.05 bits per heavy atom. The fourth-order valence-electron chi connectivity index (χ4n) is 2.18. The molecule has 0 unspecified atom stereocenters. The molecule has 1 aromatic heterocycles. The summed E-state index contributed by atoms with van der Waals surface area (Å²) in [6, 6.07) is 10.3. The van der Waals surface area contributed by atoms with Gasteiger partial charge in [0.05, 0.1) is 0 Å². The highest BCUT2D eigenvalue weighted by molar-refractivity contribution is 5.44. The first kappa shape index (κ1) is 14.4.